The zero-order chi connectivity index (χ0) is 23.0. The number of aromatic nitrogens is 2. The number of pyridine rings is 1. The fraction of sp³-hybridized carbons (Fsp3) is 0.136. The average Bonchev–Trinajstić information content (AvgIpc) is 3.23. The summed E-state index contributed by atoms with van der Waals surface area (Å²) in [5.74, 6) is -1.78. The molecule has 2 N–H and O–H groups in total. The summed E-state index contributed by atoms with van der Waals surface area (Å²) in [6.07, 6.45) is 3.13. The van der Waals surface area contributed by atoms with Crippen LogP contribution in [0.25, 0.3) is 22.0 Å². The van der Waals surface area contributed by atoms with Crippen LogP contribution in [-0.4, -0.2) is 24.5 Å². The molecule has 0 saturated carbocycles. The van der Waals surface area contributed by atoms with Gasteiger partial charge in [0.05, 0.1) is 15.8 Å². The molecule has 4 aromatic rings. The van der Waals surface area contributed by atoms with Gasteiger partial charge in [0.15, 0.2) is 11.6 Å². The normalized spacial score (nSPS) is 11.8. The van der Waals surface area contributed by atoms with E-state index in [1.807, 2.05) is 0 Å². The Balaban J connectivity index is 1.97. The van der Waals surface area contributed by atoms with Crippen LogP contribution in [0.15, 0.2) is 64.5 Å². The maximum Gasteiger partial charge on any atom is 0.259 e. The molecular formula is C22H19F2N3O4S. The Morgan fingerprint density at radius 2 is 1.81 bits per heavy atom. The molecule has 0 amide bonds. The molecule has 32 heavy (non-hydrogen) atoms. The second kappa shape index (κ2) is 8.21. The molecule has 0 spiro atoms. The van der Waals surface area contributed by atoms with Crippen LogP contribution in [0, 0.1) is 11.6 Å². The summed E-state index contributed by atoms with van der Waals surface area (Å²) in [4.78, 5) is 15.4. The second-order valence-corrected chi connectivity index (χ2v) is 8.83. The van der Waals surface area contributed by atoms with Gasteiger partial charge in [0.25, 0.3) is 5.56 Å². The Morgan fingerprint density at radius 3 is 2.53 bits per heavy atom. The van der Waals surface area contributed by atoms with Crippen LogP contribution in [0.4, 0.5) is 8.78 Å². The van der Waals surface area contributed by atoms with Crippen LogP contribution in [0.2, 0.25) is 0 Å². The van der Waals surface area contributed by atoms with Gasteiger partial charge < -0.3 is 14.3 Å². The van der Waals surface area contributed by atoms with Crippen LogP contribution in [0.1, 0.15) is 6.92 Å². The number of ether oxygens (including phenoxy) is 1. The van der Waals surface area contributed by atoms with E-state index in [9.17, 15) is 22.0 Å². The van der Waals surface area contributed by atoms with Crippen molar-refractivity contribution in [2.75, 3.05) is 6.54 Å². The summed E-state index contributed by atoms with van der Waals surface area (Å²) in [7, 11) is -2.24. The predicted octanol–water partition coefficient (Wildman–Crippen LogP) is 3.90. The lowest BCUT2D eigenvalue weighted by atomic mass is 10.0. The Labute approximate surface area is 182 Å². The number of nitrogens with one attached hydrogen (secondary N) is 2. The first kappa shape index (κ1) is 21.7. The van der Waals surface area contributed by atoms with Crippen molar-refractivity contribution in [2.24, 2.45) is 7.05 Å². The van der Waals surface area contributed by atoms with Gasteiger partial charge in [-0.15, -0.1) is 0 Å². The molecule has 7 nitrogen and oxygen atoms in total. The first-order chi connectivity index (χ1) is 15.2. The Morgan fingerprint density at radius 1 is 1.06 bits per heavy atom. The molecule has 10 heteroatoms. The van der Waals surface area contributed by atoms with E-state index >= 15 is 0 Å². The van der Waals surface area contributed by atoms with E-state index in [4.69, 9.17) is 4.74 Å². The lowest BCUT2D eigenvalue weighted by Gasteiger charge is -2.15. The lowest BCUT2D eigenvalue weighted by molar-refractivity contribution is 0.438. The SMILES string of the molecule is CCNS(=O)(=O)c1ccc(Oc2ccc(F)cc2F)c(-c2cn(C)c(=O)c3cc[nH]c23)c1. The van der Waals surface area contributed by atoms with Crippen molar-refractivity contribution in [2.45, 2.75) is 11.8 Å². The summed E-state index contributed by atoms with van der Waals surface area (Å²) in [5, 5.41) is 0.392. The van der Waals surface area contributed by atoms with Crippen molar-refractivity contribution in [3.05, 3.63) is 76.8 Å². The molecule has 0 bridgehead atoms. The highest BCUT2D eigenvalue weighted by atomic mass is 32.2. The molecule has 166 valence electrons. The van der Waals surface area contributed by atoms with Crippen LogP contribution in [0.3, 0.4) is 0 Å². The van der Waals surface area contributed by atoms with Gasteiger partial charge in [-0.05, 0) is 36.4 Å². The molecule has 2 aromatic heterocycles. The smallest absolute Gasteiger partial charge is 0.259 e. The molecule has 0 fully saturated rings. The van der Waals surface area contributed by atoms with Gasteiger partial charge in [-0.25, -0.2) is 21.9 Å². The molecule has 0 saturated heterocycles. The monoisotopic (exact) mass is 459 g/mol. The average molecular weight is 459 g/mol. The van der Waals surface area contributed by atoms with Crippen molar-refractivity contribution in [3.8, 4) is 22.6 Å². The number of hydrogen-bond donors (Lipinski definition) is 2. The fourth-order valence-corrected chi connectivity index (χ4v) is 4.47. The zero-order valence-electron chi connectivity index (χ0n) is 17.1. The number of fused-ring (bicyclic) bond motifs is 1. The Hall–Kier alpha value is -3.50. The summed E-state index contributed by atoms with van der Waals surface area (Å²) in [6.45, 7) is 1.85. The number of sulfonamides is 1. The van der Waals surface area contributed by atoms with Gasteiger partial charge in [0.1, 0.15) is 11.6 Å². The van der Waals surface area contributed by atoms with Crippen LogP contribution in [-0.2, 0) is 17.1 Å². The number of aryl methyl sites for hydroxylation is 1. The summed E-state index contributed by atoms with van der Waals surface area (Å²) >= 11 is 0. The third-order valence-corrected chi connectivity index (χ3v) is 6.43. The van der Waals surface area contributed by atoms with E-state index in [2.05, 4.69) is 9.71 Å². The number of H-pyrrole nitrogens is 1. The Kier molecular flexibility index (Phi) is 5.57. The highest BCUT2D eigenvalue weighted by Gasteiger charge is 2.20. The second-order valence-electron chi connectivity index (χ2n) is 7.06. The standard InChI is InChI=1S/C22H19F2N3O4S/c1-3-26-32(29,30)14-5-7-19(31-20-6-4-13(23)10-18(20)24)16(11-14)17-12-27(2)22(28)15-8-9-25-21(15)17/h4-12,25-26H,3H2,1-2H3. The summed E-state index contributed by atoms with van der Waals surface area (Å²) in [6, 6.07) is 8.60. The third kappa shape index (κ3) is 3.90. The summed E-state index contributed by atoms with van der Waals surface area (Å²) in [5.41, 5.74) is 0.998. The fourth-order valence-electron chi connectivity index (χ4n) is 3.41. The first-order valence-electron chi connectivity index (χ1n) is 9.65. The van der Waals surface area contributed by atoms with Gasteiger partial charge in [0.2, 0.25) is 10.0 Å². The minimum Gasteiger partial charge on any atom is -0.454 e. The van der Waals surface area contributed by atoms with Crippen molar-refractivity contribution in [3.63, 3.8) is 0 Å². The van der Waals surface area contributed by atoms with E-state index < -0.39 is 21.7 Å². The highest BCUT2D eigenvalue weighted by Crippen LogP contribution is 2.38. The number of aromatic amines is 1. The van der Waals surface area contributed by atoms with E-state index in [0.29, 0.717) is 28.1 Å². The first-order valence-corrected chi connectivity index (χ1v) is 11.1. The molecule has 2 heterocycles. The molecular weight excluding hydrogens is 440 g/mol. The maximum atomic E-state index is 14.2. The lowest BCUT2D eigenvalue weighted by Crippen LogP contribution is -2.23. The van der Waals surface area contributed by atoms with E-state index in [-0.39, 0.29) is 28.5 Å². The molecule has 4 rings (SSSR count). The van der Waals surface area contributed by atoms with Gasteiger partial charge in [-0.3, -0.25) is 4.79 Å². The van der Waals surface area contributed by atoms with Crippen molar-refractivity contribution in [1.29, 1.82) is 0 Å². The van der Waals surface area contributed by atoms with Crippen LogP contribution < -0.4 is 15.0 Å². The predicted molar refractivity (Wildman–Crippen MR) is 116 cm³/mol. The van der Waals surface area contributed by atoms with Gasteiger partial charge in [-0.1, -0.05) is 6.92 Å². The molecule has 0 aliphatic heterocycles. The molecule has 0 radical (unpaired) electrons. The number of rotatable bonds is 6. The summed E-state index contributed by atoms with van der Waals surface area (Å²) < 4.78 is 62.2. The zero-order valence-corrected chi connectivity index (χ0v) is 18.0. The van der Waals surface area contributed by atoms with Crippen molar-refractivity contribution >= 4 is 20.9 Å². The van der Waals surface area contributed by atoms with Crippen molar-refractivity contribution in [1.82, 2.24) is 14.3 Å². The van der Waals surface area contributed by atoms with E-state index in [0.717, 1.165) is 12.1 Å². The maximum absolute atomic E-state index is 14.2. The quantitative estimate of drug-likeness (QED) is 0.457. The van der Waals surface area contributed by atoms with Gasteiger partial charge in [-0.2, -0.15) is 0 Å². The number of halogens is 2. The van der Waals surface area contributed by atoms with Gasteiger partial charge >= 0.3 is 0 Å². The van der Waals surface area contributed by atoms with Crippen LogP contribution >= 0.6 is 0 Å². The third-order valence-electron chi connectivity index (χ3n) is 4.89. The molecule has 0 aliphatic rings. The highest BCUT2D eigenvalue weighted by molar-refractivity contribution is 7.89. The minimum absolute atomic E-state index is 0.0326. The van der Waals surface area contributed by atoms with E-state index in [1.165, 1.54) is 29.0 Å². The number of nitrogens with zero attached hydrogens (tertiary/aromatic N) is 1. The largest absolute Gasteiger partial charge is 0.454 e. The van der Waals surface area contributed by atoms with E-state index in [1.54, 1.807) is 26.2 Å². The van der Waals surface area contributed by atoms with Crippen LogP contribution in [0.5, 0.6) is 11.5 Å². The molecule has 2 aromatic carbocycles. The minimum atomic E-state index is -3.81. The topological polar surface area (TPSA) is 93.2 Å². The van der Waals surface area contributed by atoms with Crippen molar-refractivity contribution < 1.29 is 21.9 Å². The number of benzene rings is 2. The Bertz CT molecular complexity index is 1490. The molecule has 0 unspecified atom stereocenters. The molecule has 0 aliphatic carbocycles. The number of hydrogen-bond acceptors (Lipinski definition) is 4. The molecule has 0 atom stereocenters. The van der Waals surface area contributed by atoms with Gasteiger partial charge in [0, 0.05) is 43.2 Å².